The number of ether oxygens (including phenoxy) is 1. The Hall–Kier alpha value is -2.67. The van der Waals surface area contributed by atoms with Gasteiger partial charge in [-0.1, -0.05) is 41.9 Å². The molecule has 0 saturated heterocycles. The number of hydrogen-bond donors (Lipinski definition) is 0. The van der Waals surface area contributed by atoms with E-state index in [1.54, 1.807) is 24.3 Å². The summed E-state index contributed by atoms with van der Waals surface area (Å²) in [6.07, 6.45) is 0. The molecular formula is C17H6ClF5O2. The predicted molar refractivity (Wildman–Crippen MR) is 80.1 cm³/mol. The van der Waals surface area contributed by atoms with E-state index in [-0.39, 0.29) is 10.8 Å². The SMILES string of the molecule is O=C(Oc1ccc2ccccc2c1Cl)c1c(F)c(F)c(F)c(F)c1F. The second-order valence-corrected chi connectivity index (χ2v) is 5.31. The van der Waals surface area contributed by atoms with E-state index >= 15 is 0 Å². The molecule has 0 spiro atoms. The van der Waals surface area contributed by atoms with E-state index in [1.165, 1.54) is 12.1 Å². The second-order valence-electron chi connectivity index (χ2n) is 4.93. The first-order valence-electron chi connectivity index (χ1n) is 6.73. The highest BCUT2D eigenvalue weighted by atomic mass is 35.5. The average Bonchev–Trinajstić information content (AvgIpc) is 2.61. The number of carbonyl (C=O) groups is 1. The number of fused-ring (bicyclic) bond motifs is 1. The Morgan fingerprint density at radius 3 is 2.00 bits per heavy atom. The third kappa shape index (κ3) is 2.80. The van der Waals surface area contributed by atoms with Crippen molar-refractivity contribution < 1.29 is 31.5 Å². The number of halogens is 6. The zero-order chi connectivity index (χ0) is 18.3. The van der Waals surface area contributed by atoms with Crippen LogP contribution in [0.2, 0.25) is 5.02 Å². The van der Waals surface area contributed by atoms with E-state index in [9.17, 15) is 26.7 Å². The van der Waals surface area contributed by atoms with Crippen LogP contribution in [0.15, 0.2) is 36.4 Å². The van der Waals surface area contributed by atoms with Crippen molar-refractivity contribution in [3.8, 4) is 5.75 Å². The Balaban J connectivity index is 2.06. The summed E-state index contributed by atoms with van der Waals surface area (Å²) in [5, 5.41) is 1.13. The fourth-order valence-corrected chi connectivity index (χ4v) is 2.50. The van der Waals surface area contributed by atoms with Gasteiger partial charge in [0.25, 0.3) is 0 Å². The molecule has 3 aromatic carbocycles. The van der Waals surface area contributed by atoms with E-state index in [0.29, 0.717) is 10.8 Å². The topological polar surface area (TPSA) is 26.3 Å². The third-order valence-electron chi connectivity index (χ3n) is 3.44. The normalized spacial score (nSPS) is 11.0. The van der Waals surface area contributed by atoms with E-state index in [1.807, 2.05) is 0 Å². The number of carbonyl (C=O) groups excluding carboxylic acids is 1. The number of hydrogen-bond acceptors (Lipinski definition) is 2. The van der Waals surface area contributed by atoms with Crippen molar-refractivity contribution in [3.63, 3.8) is 0 Å². The van der Waals surface area contributed by atoms with Crippen LogP contribution >= 0.6 is 11.6 Å². The number of benzene rings is 3. The molecule has 3 rings (SSSR count). The fourth-order valence-electron chi connectivity index (χ4n) is 2.23. The third-order valence-corrected chi connectivity index (χ3v) is 3.83. The van der Waals surface area contributed by atoms with E-state index < -0.39 is 40.6 Å². The predicted octanol–water partition coefficient (Wildman–Crippen LogP) is 5.41. The maximum absolute atomic E-state index is 13.7. The molecule has 0 aliphatic carbocycles. The van der Waals surface area contributed by atoms with Gasteiger partial charge in [-0.2, -0.15) is 0 Å². The summed E-state index contributed by atoms with van der Waals surface area (Å²) >= 11 is 6.07. The van der Waals surface area contributed by atoms with Gasteiger partial charge in [0.1, 0.15) is 11.3 Å². The standard InChI is InChI=1S/C17H6ClF5O2/c18-11-8-4-2-1-3-7(8)5-6-9(11)25-17(24)10-12(19)14(21)16(23)15(22)13(10)20/h1-6H. The molecule has 2 nitrogen and oxygen atoms in total. The van der Waals surface area contributed by atoms with Gasteiger partial charge >= 0.3 is 5.97 Å². The highest BCUT2D eigenvalue weighted by molar-refractivity contribution is 6.37. The molecule has 25 heavy (non-hydrogen) atoms. The van der Waals surface area contributed by atoms with Crippen molar-refractivity contribution >= 4 is 28.3 Å². The van der Waals surface area contributed by atoms with Crippen molar-refractivity contribution in [2.45, 2.75) is 0 Å². The molecule has 0 bridgehead atoms. The minimum Gasteiger partial charge on any atom is -0.421 e. The summed E-state index contributed by atoms with van der Waals surface area (Å²) in [6, 6.07) is 9.48. The van der Waals surface area contributed by atoms with Gasteiger partial charge in [-0.25, -0.2) is 26.7 Å². The summed E-state index contributed by atoms with van der Waals surface area (Å²) in [4.78, 5) is 11.9. The van der Waals surface area contributed by atoms with Gasteiger partial charge in [-0.3, -0.25) is 0 Å². The first-order chi connectivity index (χ1) is 11.8. The Kier molecular flexibility index (Phi) is 4.34. The zero-order valence-corrected chi connectivity index (χ0v) is 12.8. The largest absolute Gasteiger partial charge is 0.421 e. The van der Waals surface area contributed by atoms with Crippen molar-refractivity contribution in [3.05, 3.63) is 76.1 Å². The molecule has 0 aliphatic heterocycles. The smallest absolute Gasteiger partial charge is 0.349 e. The van der Waals surface area contributed by atoms with Crippen LogP contribution in [0.3, 0.4) is 0 Å². The number of esters is 1. The van der Waals surface area contributed by atoms with Crippen LogP contribution in [0.25, 0.3) is 10.8 Å². The lowest BCUT2D eigenvalue weighted by molar-refractivity contribution is 0.0721. The molecule has 3 aromatic rings. The van der Waals surface area contributed by atoms with Gasteiger partial charge in [0.15, 0.2) is 23.3 Å². The van der Waals surface area contributed by atoms with Crippen LogP contribution in [0, 0.1) is 29.1 Å². The highest BCUT2D eigenvalue weighted by Gasteiger charge is 2.31. The summed E-state index contributed by atoms with van der Waals surface area (Å²) < 4.78 is 71.5. The minimum absolute atomic E-state index is 0.0460. The first kappa shape index (κ1) is 17.2. The van der Waals surface area contributed by atoms with Crippen molar-refractivity contribution in [1.82, 2.24) is 0 Å². The molecule has 0 heterocycles. The van der Waals surface area contributed by atoms with Gasteiger partial charge < -0.3 is 4.74 Å². The number of rotatable bonds is 2. The van der Waals surface area contributed by atoms with E-state index in [0.717, 1.165) is 0 Å². The molecule has 0 unspecified atom stereocenters. The van der Waals surface area contributed by atoms with Crippen molar-refractivity contribution in [2.75, 3.05) is 0 Å². The van der Waals surface area contributed by atoms with Crippen LogP contribution in [-0.2, 0) is 0 Å². The molecule has 0 aliphatic rings. The van der Waals surface area contributed by atoms with Crippen LogP contribution < -0.4 is 4.74 Å². The lowest BCUT2D eigenvalue weighted by Crippen LogP contribution is -2.17. The summed E-state index contributed by atoms with van der Waals surface area (Å²) in [6.45, 7) is 0. The zero-order valence-electron chi connectivity index (χ0n) is 12.0. The molecule has 0 amide bonds. The molecule has 0 N–H and O–H groups in total. The molecule has 128 valence electrons. The summed E-state index contributed by atoms with van der Waals surface area (Å²) in [7, 11) is 0. The molecule has 0 saturated carbocycles. The van der Waals surface area contributed by atoms with Crippen molar-refractivity contribution in [1.29, 1.82) is 0 Å². The summed E-state index contributed by atoms with van der Waals surface area (Å²) in [5.74, 6) is -13.4. The highest BCUT2D eigenvalue weighted by Crippen LogP contribution is 2.33. The molecule has 0 aromatic heterocycles. The average molecular weight is 373 g/mol. The van der Waals surface area contributed by atoms with Gasteiger partial charge in [-0.05, 0) is 11.5 Å². The lowest BCUT2D eigenvalue weighted by Gasteiger charge is -2.10. The molecule has 0 radical (unpaired) electrons. The van der Waals surface area contributed by atoms with Gasteiger partial charge in [0.05, 0.1) is 5.02 Å². The molecule has 0 atom stereocenters. The van der Waals surface area contributed by atoms with Crippen LogP contribution in [0.4, 0.5) is 22.0 Å². The maximum Gasteiger partial charge on any atom is 0.349 e. The van der Waals surface area contributed by atoms with Crippen LogP contribution in [0.5, 0.6) is 5.75 Å². The Morgan fingerprint density at radius 2 is 1.36 bits per heavy atom. The second kappa shape index (κ2) is 6.33. The molecule has 8 heteroatoms. The van der Waals surface area contributed by atoms with Crippen molar-refractivity contribution in [2.24, 2.45) is 0 Å². The Bertz CT molecular complexity index is 991. The fraction of sp³-hybridized carbons (Fsp3) is 0. The maximum atomic E-state index is 13.7. The monoisotopic (exact) mass is 372 g/mol. The van der Waals surface area contributed by atoms with Gasteiger partial charge in [-0.15, -0.1) is 0 Å². The Labute approximate surface area is 142 Å². The van der Waals surface area contributed by atoms with E-state index in [4.69, 9.17) is 16.3 Å². The molecule has 0 fully saturated rings. The minimum atomic E-state index is -2.37. The van der Waals surface area contributed by atoms with Crippen LogP contribution in [-0.4, -0.2) is 5.97 Å². The van der Waals surface area contributed by atoms with Gasteiger partial charge in [0.2, 0.25) is 5.82 Å². The quantitative estimate of drug-likeness (QED) is 0.198. The first-order valence-corrected chi connectivity index (χ1v) is 7.11. The van der Waals surface area contributed by atoms with Gasteiger partial charge in [0, 0.05) is 5.39 Å². The van der Waals surface area contributed by atoms with E-state index in [2.05, 4.69) is 0 Å². The summed E-state index contributed by atoms with van der Waals surface area (Å²) in [5.41, 5.74) is -1.69. The lowest BCUT2D eigenvalue weighted by atomic mass is 10.1. The Morgan fingerprint density at radius 1 is 0.800 bits per heavy atom. The van der Waals surface area contributed by atoms with Crippen LogP contribution in [0.1, 0.15) is 10.4 Å². The molecular weight excluding hydrogens is 367 g/mol.